The fourth-order valence-corrected chi connectivity index (χ4v) is 3.71. The molecule has 11 nitrogen and oxygen atoms in total. The lowest BCUT2D eigenvalue weighted by atomic mass is 10.0. The van der Waals surface area contributed by atoms with E-state index >= 15 is 0 Å². The van der Waals surface area contributed by atoms with Crippen molar-refractivity contribution in [2.24, 2.45) is 0 Å². The lowest BCUT2D eigenvalue weighted by Gasteiger charge is -2.23. The fraction of sp³-hybridized carbons (Fsp3) is 0.409. The number of benzene rings is 1. The molecule has 34 heavy (non-hydrogen) atoms. The van der Waals surface area contributed by atoms with Gasteiger partial charge in [0.05, 0.1) is 6.54 Å². The molecule has 0 aliphatic rings. The van der Waals surface area contributed by atoms with Gasteiger partial charge in [-0.1, -0.05) is 18.2 Å². The molecule has 184 valence electrons. The number of aliphatic carboxylic acids is 1. The smallest absolute Gasteiger partial charge is 0.322 e. The maximum Gasteiger partial charge on any atom is 0.322 e. The summed E-state index contributed by atoms with van der Waals surface area (Å²) in [6.45, 7) is 0.397. The maximum absolute atomic E-state index is 13.2. The van der Waals surface area contributed by atoms with Crippen molar-refractivity contribution in [3.63, 3.8) is 0 Å². The van der Waals surface area contributed by atoms with Crippen molar-refractivity contribution in [2.45, 2.75) is 31.8 Å². The third-order valence-corrected chi connectivity index (χ3v) is 5.55. The van der Waals surface area contributed by atoms with Gasteiger partial charge in [-0.05, 0) is 30.1 Å². The van der Waals surface area contributed by atoms with E-state index in [0.717, 1.165) is 16.5 Å². The van der Waals surface area contributed by atoms with E-state index in [9.17, 15) is 24.0 Å². The molecule has 12 heteroatoms. The van der Waals surface area contributed by atoms with Crippen LogP contribution in [-0.4, -0.2) is 76.9 Å². The van der Waals surface area contributed by atoms with Gasteiger partial charge < -0.3 is 31.4 Å². The average Bonchev–Trinajstić information content (AvgIpc) is 3.21. The van der Waals surface area contributed by atoms with Crippen LogP contribution < -0.4 is 21.3 Å². The summed E-state index contributed by atoms with van der Waals surface area (Å²) in [4.78, 5) is 63.0. The van der Waals surface area contributed by atoms with Crippen molar-refractivity contribution >= 4 is 52.3 Å². The Morgan fingerprint density at radius 2 is 1.74 bits per heavy atom. The Kier molecular flexibility index (Phi) is 10.4. The van der Waals surface area contributed by atoms with Crippen LogP contribution in [0.5, 0.6) is 0 Å². The van der Waals surface area contributed by atoms with Crippen LogP contribution in [0.1, 0.15) is 18.9 Å². The number of carboxylic acids is 1. The number of rotatable bonds is 13. The molecule has 6 N–H and O–H groups in total. The molecule has 1 heterocycles. The Morgan fingerprint density at radius 1 is 1.00 bits per heavy atom. The van der Waals surface area contributed by atoms with E-state index in [0.29, 0.717) is 5.75 Å². The van der Waals surface area contributed by atoms with Gasteiger partial charge in [-0.15, -0.1) is 0 Å². The first-order valence-electron chi connectivity index (χ1n) is 10.6. The highest BCUT2D eigenvalue weighted by atomic mass is 32.2. The summed E-state index contributed by atoms with van der Waals surface area (Å²) in [6.07, 6.45) is 4.00. The fourth-order valence-electron chi connectivity index (χ4n) is 3.24. The van der Waals surface area contributed by atoms with E-state index in [2.05, 4.69) is 26.3 Å². The molecule has 0 bridgehead atoms. The number of amides is 4. The molecule has 1 aromatic carbocycles. The second-order valence-electron chi connectivity index (χ2n) is 7.55. The Hall–Kier alpha value is -3.54. The highest BCUT2D eigenvalue weighted by molar-refractivity contribution is 7.98. The Balaban J connectivity index is 2.21. The van der Waals surface area contributed by atoms with E-state index in [4.69, 9.17) is 5.11 Å². The van der Waals surface area contributed by atoms with Crippen LogP contribution in [0.15, 0.2) is 30.5 Å². The SMILES string of the molecule is CSCC[C@H](NC(=O)[C@H](Cc1c[nH]c2ccccc12)NC(=O)CNC(C)=O)C(=O)NCC(=O)O. The van der Waals surface area contributed by atoms with E-state index < -0.39 is 42.3 Å². The van der Waals surface area contributed by atoms with E-state index in [-0.39, 0.29) is 25.3 Å². The van der Waals surface area contributed by atoms with Crippen LogP contribution in [0.25, 0.3) is 10.9 Å². The highest BCUT2D eigenvalue weighted by Gasteiger charge is 2.27. The van der Waals surface area contributed by atoms with Crippen LogP contribution >= 0.6 is 11.8 Å². The van der Waals surface area contributed by atoms with Gasteiger partial charge in [0.1, 0.15) is 18.6 Å². The van der Waals surface area contributed by atoms with Gasteiger partial charge in [-0.3, -0.25) is 24.0 Å². The van der Waals surface area contributed by atoms with Crippen molar-refractivity contribution in [1.29, 1.82) is 0 Å². The molecule has 0 fully saturated rings. The molecule has 0 aliphatic carbocycles. The number of aromatic amines is 1. The monoisotopic (exact) mass is 491 g/mol. The number of hydrogen-bond acceptors (Lipinski definition) is 6. The molecule has 2 aromatic rings. The summed E-state index contributed by atoms with van der Waals surface area (Å²) in [7, 11) is 0. The highest BCUT2D eigenvalue weighted by Crippen LogP contribution is 2.19. The second-order valence-corrected chi connectivity index (χ2v) is 8.53. The lowest BCUT2D eigenvalue weighted by molar-refractivity contribution is -0.138. The summed E-state index contributed by atoms with van der Waals surface area (Å²) < 4.78 is 0. The predicted octanol–water partition coefficient (Wildman–Crippen LogP) is -0.230. The van der Waals surface area contributed by atoms with E-state index in [1.165, 1.54) is 18.7 Å². The number of fused-ring (bicyclic) bond motifs is 1. The van der Waals surface area contributed by atoms with Crippen LogP contribution in [0.2, 0.25) is 0 Å². The first-order chi connectivity index (χ1) is 16.2. The molecular formula is C22H29N5O6S. The largest absolute Gasteiger partial charge is 0.480 e. The molecule has 4 amide bonds. The quantitative estimate of drug-likeness (QED) is 0.225. The molecule has 2 atom stereocenters. The van der Waals surface area contributed by atoms with Gasteiger partial charge in [0.15, 0.2) is 0 Å². The number of hydrogen-bond donors (Lipinski definition) is 6. The Morgan fingerprint density at radius 3 is 2.41 bits per heavy atom. The van der Waals surface area contributed by atoms with E-state index in [1.807, 2.05) is 30.5 Å². The summed E-state index contributed by atoms with van der Waals surface area (Å²) in [5.41, 5.74) is 1.65. The summed E-state index contributed by atoms with van der Waals surface area (Å²) >= 11 is 1.47. The number of H-pyrrole nitrogens is 1. The number of carboxylic acid groups (broad SMARTS) is 1. The first-order valence-corrected chi connectivity index (χ1v) is 12.0. The summed E-state index contributed by atoms with van der Waals surface area (Å²) in [5, 5.41) is 19.6. The molecule has 0 saturated heterocycles. The Labute approximate surface area is 200 Å². The zero-order valence-corrected chi connectivity index (χ0v) is 19.8. The predicted molar refractivity (Wildman–Crippen MR) is 128 cm³/mol. The molecular weight excluding hydrogens is 462 g/mol. The number of para-hydroxylation sites is 1. The van der Waals surface area contributed by atoms with Crippen molar-refractivity contribution < 1.29 is 29.1 Å². The van der Waals surface area contributed by atoms with Crippen LogP contribution in [-0.2, 0) is 30.4 Å². The standard InChI is InChI=1S/C22H29N5O6S/c1-13(28)23-11-19(29)26-18(9-14-10-24-16-6-4-3-5-15(14)16)22(33)27-17(7-8-34-2)21(32)25-12-20(30)31/h3-6,10,17-18,24H,7-9,11-12H2,1-2H3,(H,23,28)(H,25,32)(H,26,29)(H,27,33)(H,30,31)/t17-,18-/m0/s1. The van der Waals surface area contributed by atoms with Crippen molar-refractivity contribution in [3.8, 4) is 0 Å². The normalized spacial score (nSPS) is 12.4. The van der Waals surface area contributed by atoms with Gasteiger partial charge in [-0.25, -0.2) is 0 Å². The number of aromatic nitrogens is 1. The topological polar surface area (TPSA) is 169 Å². The molecule has 0 spiro atoms. The Bertz CT molecular complexity index is 1040. The van der Waals surface area contributed by atoms with Crippen LogP contribution in [0.4, 0.5) is 0 Å². The van der Waals surface area contributed by atoms with Crippen LogP contribution in [0, 0.1) is 0 Å². The number of carbonyl (C=O) groups is 5. The third kappa shape index (κ3) is 8.43. The van der Waals surface area contributed by atoms with Crippen molar-refractivity contribution in [2.75, 3.05) is 25.1 Å². The second kappa shape index (κ2) is 13.2. The number of nitrogens with one attached hydrogen (secondary N) is 5. The number of carbonyl (C=O) groups excluding carboxylic acids is 4. The van der Waals surface area contributed by atoms with Gasteiger partial charge in [0.25, 0.3) is 0 Å². The van der Waals surface area contributed by atoms with E-state index in [1.54, 1.807) is 6.20 Å². The molecule has 0 aliphatic heterocycles. The third-order valence-electron chi connectivity index (χ3n) is 4.91. The lowest BCUT2D eigenvalue weighted by Crippen LogP contribution is -2.55. The van der Waals surface area contributed by atoms with Gasteiger partial charge >= 0.3 is 5.97 Å². The summed E-state index contributed by atoms with van der Waals surface area (Å²) in [6, 6.07) is 5.48. The minimum absolute atomic E-state index is 0.133. The molecule has 2 rings (SSSR count). The molecule has 0 saturated carbocycles. The van der Waals surface area contributed by atoms with Crippen LogP contribution in [0.3, 0.4) is 0 Å². The zero-order valence-electron chi connectivity index (χ0n) is 19.0. The van der Waals surface area contributed by atoms with Gasteiger partial charge in [-0.2, -0.15) is 11.8 Å². The van der Waals surface area contributed by atoms with Crippen molar-refractivity contribution in [3.05, 3.63) is 36.0 Å². The zero-order chi connectivity index (χ0) is 25.1. The van der Waals surface area contributed by atoms with Crippen molar-refractivity contribution in [1.82, 2.24) is 26.3 Å². The minimum atomic E-state index is -1.20. The van der Waals surface area contributed by atoms with Gasteiger partial charge in [0, 0.05) is 30.4 Å². The first kappa shape index (κ1) is 26.7. The average molecular weight is 492 g/mol. The molecule has 0 radical (unpaired) electrons. The molecule has 0 unspecified atom stereocenters. The van der Waals surface area contributed by atoms with Gasteiger partial charge in [0.2, 0.25) is 23.6 Å². The maximum atomic E-state index is 13.2. The minimum Gasteiger partial charge on any atom is -0.480 e. The number of thioether (sulfide) groups is 1. The summed E-state index contributed by atoms with van der Waals surface area (Å²) in [5.74, 6) is -2.83. The molecule has 1 aromatic heterocycles.